The summed E-state index contributed by atoms with van der Waals surface area (Å²) in [6.45, 7) is 10.0. The van der Waals surface area contributed by atoms with E-state index in [2.05, 4.69) is 29.1 Å². The van der Waals surface area contributed by atoms with Gasteiger partial charge in [0.15, 0.2) is 0 Å². The second-order valence-electron chi connectivity index (χ2n) is 5.68. The molecule has 0 saturated carbocycles. The zero-order valence-corrected chi connectivity index (χ0v) is 12.0. The Kier molecular flexibility index (Phi) is 5.89. The van der Waals surface area contributed by atoms with E-state index in [0.29, 0.717) is 12.1 Å². The zero-order valence-electron chi connectivity index (χ0n) is 12.0. The third-order valence-electron chi connectivity index (χ3n) is 4.21. The molecular weight excluding hydrogens is 226 g/mol. The summed E-state index contributed by atoms with van der Waals surface area (Å²) in [4.78, 5) is 5.09. The van der Waals surface area contributed by atoms with Crippen molar-refractivity contribution in [2.45, 2.75) is 38.3 Å². The molecule has 0 aliphatic carbocycles. The fourth-order valence-electron chi connectivity index (χ4n) is 3.05. The van der Waals surface area contributed by atoms with Crippen LogP contribution in [0.3, 0.4) is 0 Å². The lowest BCUT2D eigenvalue weighted by Crippen LogP contribution is -2.56. The Morgan fingerprint density at radius 3 is 2.94 bits per heavy atom. The highest BCUT2D eigenvalue weighted by molar-refractivity contribution is 4.88. The van der Waals surface area contributed by atoms with Gasteiger partial charge >= 0.3 is 0 Å². The van der Waals surface area contributed by atoms with Crippen LogP contribution in [0.25, 0.3) is 0 Å². The van der Waals surface area contributed by atoms with Crippen molar-refractivity contribution in [2.24, 2.45) is 0 Å². The summed E-state index contributed by atoms with van der Waals surface area (Å²) in [6, 6.07) is 1.21. The third kappa shape index (κ3) is 3.92. The molecule has 1 N–H and O–H groups in total. The van der Waals surface area contributed by atoms with Crippen molar-refractivity contribution in [1.82, 2.24) is 15.1 Å². The van der Waals surface area contributed by atoms with Crippen molar-refractivity contribution in [3.05, 3.63) is 0 Å². The predicted octanol–water partition coefficient (Wildman–Crippen LogP) is 0.781. The van der Waals surface area contributed by atoms with Gasteiger partial charge in [0.25, 0.3) is 0 Å². The molecule has 4 nitrogen and oxygen atoms in total. The molecular formula is C14H29N3O. The largest absolute Gasteiger partial charge is 0.380 e. The Labute approximate surface area is 112 Å². The minimum atomic E-state index is 0.580. The Hall–Kier alpha value is -0.160. The van der Waals surface area contributed by atoms with E-state index >= 15 is 0 Å². The summed E-state index contributed by atoms with van der Waals surface area (Å²) in [5.41, 5.74) is 0. The summed E-state index contributed by atoms with van der Waals surface area (Å²) in [6.07, 6.45) is 3.66. The van der Waals surface area contributed by atoms with Gasteiger partial charge in [-0.05, 0) is 45.9 Å². The van der Waals surface area contributed by atoms with Crippen LogP contribution in [0.4, 0.5) is 0 Å². The number of hydrogen-bond acceptors (Lipinski definition) is 4. The summed E-state index contributed by atoms with van der Waals surface area (Å²) in [5.74, 6) is 0. The van der Waals surface area contributed by atoms with Gasteiger partial charge in [-0.25, -0.2) is 0 Å². The Morgan fingerprint density at radius 2 is 2.11 bits per heavy atom. The molecule has 0 amide bonds. The maximum atomic E-state index is 5.72. The lowest BCUT2D eigenvalue weighted by molar-refractivity contribution is -0.00159. The van der Waals surface area contributed by atoms with Crippen molar-refractivity contribution in [3.63, 3.8) is 0 Å². The van der Waals surface area contributed by atoms with Crippen molar-refractivity contribution < 1.29 is 4.74 Å². The van der Waals surface area contributed by atoms with Gasteiger partial charge in [0.2, 0.25) is 0 Å². The van der Waals surface area contributed by atoms with Crippen LogP contribution in [-0.2, 0) is 4.74 Å². The molecule has 0 aromatic heterocycles. The molecule has 0 aromatic carbocycles. The predicted molar refractivity (Wildman–Crippen MR) is 75.0 cm³/mol. The van der Waals surface area contributed by atoms with Crippen LogP contribution in [0.1, 0.15) is 26.2 Å². The van der Waals surface area contributed by atoms with E-state index in [1.54, 1.807) is 0 Å². The smallest absolute Gasteiger partial charge is 0.0637 e. The molecule has 2 saturated heterocycles. The molecule has 2 fully saturated rings. The van der Waals surface area contributed by atoms with Gasteiger partial charge in [-0.15, -0.1) is 0 Å². The fourth-order valence-corrected chi connectivity index (χ4v) is 3.05. The topological polar surface area (TPSA) is 27.7 Å². The monoisotopic (exact) mass is 255 g/mol. The molecule has 106 valence electrons. The molecule has 2 heterocycles. The standard InChI is InChI=1S/C14H29N3O/c1-3-6-15-13-5-11-18-12-14(13)17-8-4-7-16(2)9-10-17/h13-15H,3-12H2,1-2H3. The van der Waals surface area contributed by atoms with Crippen LogP contribution in [0.5, 0.6) is 0 Å². The van der Waals surface area contributed by atoms with Gasteiger partial charge in [0.05, 0.1) is 6.61 Å². The minimum absolute atomic E-state index is 0.580. The molecule has 0 spiro atoms. The van der Waals surface area contributed by atoms with Gasteiger partial charge in [0, 0.05) is 31.8 Å². The maximum absolute atomic E-state index is 5.72. The average Bonchev–Trinajstić information content (AvgIpc) is 2.61. The van der Waals surface area contributed by atoms with Crippen LogP contribution < -0.4 is 5.32 Å². The summed E-state index contributed by atoms with van der Waals surface area (Å²) in [7, 11) is 2.23. The van der Waals surface area contributed by atoms with E-state index in [1.807, 2.05) is 0 Å². The average molecular weight is 255 g/mol. The first-order valence-electron chi connectivity index (χ1n) is 7.55. The van der Waals surface area contributed by atoms with E-state index < -0.39 is 0 Å². The van der Waals surface area contributed by atoms with Crippen LogP contribution in [0.15, 0.2) is 0 Å². The molecule has 2 aliphatic heterocycles. The first-order chi connectivity index (χ1) is 8.81. The molecule has 2 rings (SSSR count). The molecule has 0 aromatic rings. The van der Waals surface area contributed by atoms with E-state index in [0.717, 1.165) is 26.2 Å². The number of ether oxygens (including phenoxy) is 1. The van der Waals surface area contributed by atoms with Gasteiger partial charge in [-0.2, -0.15) is 0 Å². The number of hydrogen-bond donors (Lipinski definition) is 1. The van der Waals surface area contributed by atoms with Crippen molar-refractivity contribution in [3.8, 4) is 0 Å². The molecule has 0 bridgehead atoms. The Morgan fingerprint density at radius 1 is 1.22 bits per heavy atom. The number of nitrogens with zero attached hydrogens (tertiary/aromatic N) is 2. The van der Waals surface area contributed by atoms with Crippen molar-refractivity contribution in [1.29, 1.82) is 0 Å². The van der Waals surface area contributed by atoms with Gasteiger partial charge < -0.3 is 15.0 Å². The molecule has 0 radical (unpaired) electrons. The third-order valence-corrected chi connectivity index (χ3v) is 4.21. The maximum Gasteiger partial charge on any atom is 0.0637 e. The molecule has 2 unspecified atom stereocenters. The second-order valence-corrected chi connectivity index (χ2v) is 5.68. The molecule has 2 aliphatic rings. The van der Waals surface area contributed by atoms with Crippen LogP contribution in [-0.4, -0.2) is 74.9 Å². The minimum Gasteiger partial charge on any atom is -0.380 e. The zero-order chi connectivity index (χ0) is 12.8. The van der Waals surface area contributed by atoms with Crippen LogP contribution >= 0.6 is 0 Å². The van der Waals surface area contributed by atoms with E-state index in [4.69, 9.17) is 4.74 Å². The highest BCUT2D eigenvalue weighted by Gasteiger charge is 2.30. The fraction of sp³-hybridized carbons (Fsp3) is 1.00. The van der Waals surface area contributed by atoms with Crippen LogP contribution in [0.2, 0.25) is 0 Å². The van der Waals surface area contributed by atoms with E-state index in [-0.39, 0.29) is 0 Å². The number of rotatable bonds is 4. The van der Waals surface area contributed by atoms with E-state index in [9.17, 15) is 0 Å². The van der Waals surface area contributed by atoms with Gasteiger partial charge in [-0.3, -0.25) is 4.90 Å². The van der Waals surface area contributed by atoms with Gasteiger partial charge in [0.1, 0.15) is 0 Å². The summed E-state index contributed by atoms with van der Waals surface area (Å²) < 4.78 is 5.72. The SMILES string of the molecule is CCCNC1CCOCC1N1CCCN(C)CC1. The highest BCUT2D eigenvalue weighted by atomic mass is 16.5. The normalized spacial score (nSPS) is 32.3. The Bertz CT molecular complexity index is 237. The highest BCUT2D eigenvalue weighted by Crippen LogP contribution is 2.16. The summed E-state index contributed by atoms with van der Waals surface area (Å²) in [5, 5.41) is 3.71. The molecule has 18 heavy (non-hydrogen) atoms. The number of likely N-dealkylation sites (N-methyl/N-ethyl adjacent to an activating group) is 1. The molecule has 4 heteroatoms. The first-order valence-corrected chi connectivity index (χ1v) is 7.55. The number of nitrogens with one attached hydrogen (secondary N) is 1. The lowest BCUT2D eigenvalue weighted by Gasteiger charge is -2.39. The van der Waals surface area contributed by atoms with Crippen molar-refractivity contribution in [2.75, 3.05) is 53.0 Å². The molecule has 2 atom stereocenters. The summed E-state index contributed by atoms with van der Waals surface area (Å²) >= 11 is 0. The lowest BCUT2D eigenvalue weighted by atomic mass is 10.0. The van der Waals surface area contributed by atoms with Gasteiger partial charge in [-0.1, -0.05) is 6.92 Å². The Balaban J connectivity index is 1.90. The van der Waals surface area contributed by atoms with Crippen LogP contribution in [0, 0.1) is 0 Å². The second kappa shape index (κ2) is 7.43. The van der Waals surface area contributed by atoms with Crippen molar-refractivity contribution >= 4 is 0 Å². The quantitative estimate of drug-likeness (QED) is 0.803. The van der Waals surface area contributed by atoms with E-state index in [1.165, 1.54) is 39.0 Å². The first kappa shape index (κ1) is 14.3.